The average Bonchev–Trinajstić information content (AvgIpc) is 3.51. The average molecular weight is 454 g/mol. The lowest BCUT2D eigenvalue weighted by Crippen LogP contribution is -2.26. The zero-order valence-corrected chi connectivity index (χ0v) is 18.2. The fourth-order valence-corrected chi connectivity index (χ4v) is 4.27. The number of hydrogen-bond donors (Lipinski definition) is 2. The molecule has 6 nitrogen and oxygen atoms in total. The van der Waals surface area contributed by atoms with Crippen molar-refractivity contribution < 1.29 is 14.0 Å². The summed E-state index contributed by atoms with van der Waals surface area (Å²) in [6.07, 6.45) is 0. The number of thiophene rings is 1. The van der Waals surface area contributed by atoms with Gasteiger partial charge in [-0.1, -0.05) is 30.3 Å². The molecular formula is C26H19N3O3S. The van der Waals surface area contributed by atoms with Crippen LogP contribution in [0.2, 0.25) is 0 Å². The molecule has 0 spiro atoms. The molecule has 162 valence electrons. The minimum atomic E-state index is -0.359. The van der Waals surface area contributed by atoms with Crippen LogP contribution in [0.1, 0.15) is 20.9 Å². The van der Waals surface area contributed by atoms with Gasteiger partial charge < -0.3 is 15.5 Å². The lowest BCUT2D eigenvalue weighted by atomic mass is 10.1. The SMILES string of the molecule is Nc1ccccc1N(C(=O)c1ccc(NC(=O)c2cc3ccccc3o2)cc1)c1cccs1. The molecule has 0 aliphatic rings. The summed E-state index contributed by atoms with van der Waals surface area (Å²) in [5.74, 6) is -0.354. The number of fused-ring (bicyclic) bond motifs is 1. The molecular weight excluding hydrogens is 434 g/mol. The maximum absolute atomic E-state index is 13.4. The van der Waals surface area contributed by atoms with Crippen molar-refractivity contribution in [1.82, 2.24) is 0 Å². The van der Waals surface area contributed by atoms with Crippen molar-refractivity contribution in [1.29, 1.82) is 0 Å². The van der Waals surface area contributed by atoms with Crippen molar-refractivity contribution in [3.63, 3.8) is 0 Å². The lowest BCUT2D eigenvalue weighted by molar-refractivity contribution is 0.0993. The molecule has 2 aromatic heterocycles. The fourth-order valence-electron chi connectivity index (χ4n) is 3.53. The first-order valence-corrected chi connectivity index (χ1v) is 11.1. The Bertz CT molecular complexity index is 1410. The zero-order valence-electron chi connectivity index (χ0n) is 17.4. The van der Waals surface area contributed by atoms with E-state index in [0.717, 1.165) is 10.4 Å². The van der Waals surface area contributed by atoms with Crippen molar-refractivity contribution in [2.75, 3.05) is 16.0 Å². The summed E-state index contributed by atoms with van der Waals surface area (Å²) in [6, 6.07) is 26.9. The van der Waals surface area contributed by atoms with Gasteiger partial charge in [-0.2, -0.15) is 0 Å². The monoisotopic (exact) mass is 453 g/mol. The molecule has 2 heterocycles. The molecule has 0 unspecified atom stereocenters. The van der Waals surface area contributed by atoms with Gasteiger partial charge in [-0.05, 0) is 66.0 Å². The summed E-state index contributed by atoms with van der Waals surface area (Å²) in [5, 5.41) is 6.34. The summed E-state index contributed by atoms with van der Waals surface area (Å²) < 4.78 is 5.61. The highest BCUT2D eigenvalue weighted by Gasteiger charge is 2.22. The summed E-state index contributed by atoms with van der Waals surface area (Å²) in [7, 11) is 0. The van der Waals surface area contributed by atoms with Crippen LogP contribution >= 0.6 is 11.3 Å². The Hall–Kier alpha value is -4.36. The molecule has 0 aliphatic heterocycles. The van der Waals surface area contributed by atoms with E-state index in [0.29, 0.717) is 28.2 Å². The number of rotatable bonds is 5. The van der Waals surface area contributed by atoms with E-state index < -0.39 is 0 Å². The summed E-state index contributed by atoms with van der Waals surface area (Å²) in [6.45, 7) is 0. The van der Waals surface area contributed by atoms with Gasteiger partial charge in [-0.3, -0.25) is 14.5 Å². The summed E-state index contributed by atoms with van der Waals surface area (Å²) in [5.41, 5.74) is 8.96. The van der Waals surface area contributed by atoms with Gasteiger partial charge in [0.05, 0.1) is 11.4 Å². The molecule has 0 saturated carbocycles. The van der Waals surface area contributed by atoms with Crippen LogP contribution < -0.4 is 16.0 Å². The number of amides is 2. The molecule has 5 aromatic rings. The first-order chi connectivity index (χ1) is 16.1. The van der Waals surface area contributed by atoms with Crippen molar-refractivity contribution in [2.24, 2.45) is 0 Å². The minimum absolute atomic E-state index is 0.217. The number of furan rings is 1. The molecule has 3 aromatic carbocycles. The highest BCUT2D eigenvalue weighted by molar-refractivity contribution is 7.14. The Kier molecular flexibility index (Phi) is 5.38. The number of anilines is 4. The molecule has 0 aliphatic carbocycles. The standard InChI is InChI=1S/C26H19N3O3S/c27-20-7-2-3-8-21(20)29(24-10-5-15-33-24)26(31)17-11-13-19(14-12-17)28-25(30)23-16-18-6-1-4-9-22(18)32-23/h1-16H,27H2,(H,28,30). The van der Waals surface area contributed by atoms with E-state index in [1.54, 1.807) is 41.3 Å². The van der Waals surface area contributed by atoms with E-state index in [-0.39, 0.29) is 17.6 Å². The number of nitrogens with one attached hydrogen (secondary N) is 1. The highest BCUT2D eigenvalue weighted by Crippen LogP contribution is 2.35. The minimum Gasteiger partial charge on any atom is -0.451 e. The third kappa shape index (κ3) is 4.09. The number of nitrogens with two attached hydrogens (primary N) is 1. The summed E-state index contributed by atoms with van der Waals surface area (Å²) in [4.78, 5) is 27.6. The van der Waals surface area contributed by atoms with Crippen molar-refractivity contribution in [2.45, 2.75) is 0 Å². The second kappa shape index (κ2) is 8.64. The molecule has 0 fully saturated rings. The van der Waals surface area contributed by atoms with Crippen LogP contribution in [-0.4, -0.2) is 11.8 Å². The molecule has 3 N–H and O–H groups in total. The number of nitrogen functional groups attached to an aromatic ring is 1. The molecule has 0 saturated heterocycles. The quantitative estimate of drug-likeness (QED) is 0.305. The van der Waals surface area contributed by atoms with E-state index in [1.165, 1.54) is 11.3 Å². The van der Waals surface area contributed by atoms with Crippen LogP contribution in [0.5, 0.6) is 0 Å². The first kappa shape index (κ1) is 20.5. The van der Waals surface area contributed by atoms with Gasteiger partial charge in [0, 0.05) is 16.6 Å². The largest absolute Gasteiger partial charge is 0.451 e. The number of carbonyl (C=O) groups is 2. The second-order valence-electron chi connectivity index (χ2n) is 7.33. The molecule has 2 amide bonds. The van der Waals surface area contributed by atoms with Crippen molar-refractivity contribution in [3.8, 4) is 0 Å². The second-order valence-corrected chi connectivity index (χ2v) is 8.26. The van der Waals surface area contributed by atoms with Crippen LogP contribution in [0.3, 0.4) is 0 Å². The van der Waals surface area contributed by atoms with Gasteiger partial charge >= 0.3 is 0 Å². The Labute approximate surface area is 193 Å². The number of hydrogen-bond acceptors (Lipinski definition) is 5. The van der Waals surface area contributed by atoms with E-state index in [4.69, 9.17) is 10.2 Å². The molecule has 7 heteroatoms. The van der Waals surface area contributed by atoms with Crippen molar-refractivity contribution >= 4 is 56.2 Å². The first-order valence-electron chi connectivity index (χ1n) is 10.2. The molecule has 5 rings (SSSR count). The van der Waals surface area contributed by atoms with E-state index in [1.807, 2.05) is 60.0 Å². The van der Waals surface area contributed by atoms with Crippen LogP contribution in [0.4, 0.5) is 22.1 Å². The normalized spacial score (nSPS) is 10.8. The Morgan fingerprint density at radius 3 is 2.36 bits per heavy atom. The maximum atomic E-state index is 13.4. The Morgan fingerprint density at radius 2 is 1.64 bits per heavy atom. The van der Waals surface area contributed by atoms with Gasteiger partial charge in [0.25, 0.3) is 11.8 Å². The topological polar surface area (TPSA) is 88.6 Å². The van der Waals surface area contributed by atoms with Crippen LogP contribution in [-0.2, 0) is 0 Å². The van der Waals surface area contributed by atoms with Gasteiger partial charge in [0.1, 0.15) is 10.6 Å². The van der Waals surface area contributed by atoms with E-state index in [2.05, 4.69) is 5.32 Å². The van der Waals surface area contributed by atoms with Crippen LogP contribution in [0.25, 0.3) is 11.0 Å². The lowest BCUT2D eigenvalue weighted by Gasteiger charge is -2.23. The third-order valence-corrected chi connectivity index (χ3v) is 6.00. The van der Waals surface area contributed by atoms with Gasteiger partial charge in [0.2, 0.25) is 0 Å². The van der Waals surface area contributed by atoms with Crippen LogP contribution in [0.15, 0.2) is 101 Å². The number of para-hydroxylation sites is 3. The highest BCUT2D eigenvalue weighted by atomic mass is 32.1. The fraction of sp³-hybridized carbons (Fsp3) is 0. The van der Waals surface area contributed by atoms with E-state index >= 15 is 0 Å². The summed E-state index contributed by atoms with van der Waals surface area (Å²) >= 11 is 1.45. The predicted molar refractivity (Wildman–Crippen MR) is 132 cm³/mol. The van der Waals surface area contributed by atoms with Crippen LogP contribution in [0, 0.1) is 0 Å². The number of benzene rings is 3. The van der Waals surface area contributed by atoms with Gasteiger partial charge in [-0.15, -0.1) is 11.3 Å². The van der Waals surface area contributed by atoms with E-state index in [9.17, 15) is 9.59 Å². The smallest absolute Gasteiger partial charge is 0.291 e. The Balaban J connectivity index is 1.38. The number of carbonyl (C=O) groups excluding carboxylic acids is 2. The van der Waals surface area contributed by atoms with Gasteiger partial charge in [0.15, 0.2) is 5.76 Å². The molecule has 33 heavy (non-hydrogen) atoms. The van der Waals surface area contributed by atoms with Crippen molar-refractivity contribution in [3.05, 3.63) is 108 Å². The van der Waals surface area contributed by atoms with Gasteiger partial charge in [-0.25, -0.2) is 0 Å². The zero-order chi connectivity index (χ0) is 22.8. The molecule has 0 atom stereocenters. The maximum Gasteiger partial charge on any atom is 0.291 e. The third-order valence-electron chi connectivity index (χ3n) is 5.15. The molecule has 0 radical (unpaired) electrons. The number of nitrogens with zero attached hydrogens (tertiary/aromatic N) is 1. The Morgan fingerprint density at radius 1 is 0.879 bits per heavy atom. The molecule has 0 bridgehead atoms. The predicted octanol–water partition coefficient (Wildman–Crippen LogP) is 6.31.